The van der Waals surface area contributed by atoms with E-state index >= 15 is 0 Å². The van der Waals surface area contributed by atoms with Crippen LogP contribution in [-0.2, 0) is 14.6 Å². The molecule has 0 spiro atoms. The zero-order valence-electron chi connectivity index (χ0n) is 17.4. The summed E-state index contributed by atoms with van der Waals surface area (Å²) in [4.78, 5) is 35.8. The Kier molecular flexibility index (Phi) is 7.30. The maximum absolute atomic E-state index is 12.8. The van der Waals surface area contributed by atoms with Gasteiger partial charge in [0.05, 0.1) is 5.02 Å². The molecule has 0 saturated carbocycles. The Morgan fingerprint density at radius 2 is 1.90 bits per heavy atom. The van der Waals surface area contributed by atoms with E-state index in [-0.39, 0.29) is 32.7 Å². The van der Waals surface area contributed by atoms with E-state index in [1.54, 1.807) is 6.07 Å². The van der Waals surface area contributed by atoms with E-state index in [0.717, 1.165) is 30.7 Å². The number of sulfone groups is 1. The quantitative estimate of drug-likeness (QED) is 0.645. The Morgan fingerprint density at radius 3 is 2.45 bits per heavy atom. The first-order chi connectivity index (χ1) is 14.5. The third-order valence-corrected chi connectivity index (χ3v) is 7.85. The molecule has 12 heteroatoms. The molecule has 168 valence electrons. The van der Waals surface area contributed by atoms with E-state index in [0.29, 0.717) is 23.9 Å². The summed E-state index contributed by atoms with van der Waals surface area (Å²) in [6.07, 6.45) is 3.75. The molecule has 31 heavy (non-hydrogen) atoms. The lowest BCUT2D eigenvalue weighted by Crippen LogP contribution is -2.41. The Morgan fingerprint density at radius 1 is 1.23 bits per heavy atom. The molecule has 0 bridgehead atoms. The molecule has 0 aromatic carbocycles. The molecular formula is C19H24ClN5O4S2. The normalized spacial score (nSPS) is 15.8. The van der Waals surface area contributed by atoms with Crippen LogP contribution < -0.4 is 10.6 Å². The third-order valence-electron chi connectivity index (χ3n) is 4.98. The Bertz CT molecular complexity index is 1060. The summed E-state index contributed by atoms with van der Waals surface area (Å²) >= 11 is 6.56. The van der Waals surface area contributed by atoms with Crippen molar-refractivity contribution in [1.82, 2.24) is 14.9 Å². The number of carbonyl (C=O) groups excluding carboxylic acids is 2. The molecule has 1 aliphatic heterocycles. The molecule has 2 amide bonds. The van der Waals surface area contributed by atoms with Crippen LogP contribution in [0.3, 0.4) is 0 Å². The van der Waals surface area contributed by atoms with Gasteiger partial charge in [-0.1, -0.05) is 22.9 Å². The number of pyridine rings is 1. The molecule has 2 N–H and O–H groups in total. The standard InChI is InChI=1S/C19H24ClN5O4S2/c1-11(2)25-8-6-12(7-9-25)16(26)24-18-15(23-19(30-18)31(3,28)29)17(27)22-14-5-4-13(20)10-21-14/h4-5,10-12H,6-9H2,1-3H3,(H,24,26)(H,21,22,27). The minimum atomic E-state index is -3.66. The summed E-state index contributed by atoms with van der Waals surface area (Å²) < 4.78 is 23.7. The fraction of sp³-hybridized carbons (Fsp3) is 0.474. The first-order valence-electron chi connectivity index (χ1n) is 9.73. The molecule has 1 aliphatic rings. The van der Waals surface area contributed by atoms with Crippen LogP contribution in [0, 0.1) is 5.92 Å². The molecule has 3 heterocycles. The highest BCUT2D eigenvalue weighted by molar-refractivity contribution is 7.92. The lowest BCUT2D eigenvalue weighted by atomic mass is 9.95. The maximum Gasteiger partial charge on any atom is 0.278 e. The number of thiazole rings is 1. The number of anilines is 2. The Hall–Kier alpha value is -2.08. The summed E-state index contributed by atoms with van der Waals surface area (Å²) in [7, 11) is -3.66. The predicted molar refractivity (Wildman–Crippen MR) is 120 cm³/mol. The van der Waals surface area contributed by atoms with Crippen LogP contribution in [0.2, 0.25) is 5.02 Å². The molecule has 1 fully saturated rings. The second kappa shape index (κ2) is 9.60. The average Bonchev–Trinajstić information content (AvgIpc) is 3.14. The zero-order chi connectivity index (χ0) is 22.8. The number of carbonyl (C=O) groups is 2. The highest BCUT2D eigenvalue weighted by atomic mass is 35.5. The minimum absolute atomic E-state index is 0.100. The van der Waals surface area contributed by atoms with Gasteiger partial charge >= 0.3 is 0 Å². The highest BCUT2D eigenvalue weighted by Crippen LogP contribution is 2.30. The van der Waals surface area contributed by atoms with Crippen molar-refractivity contribution in [2.24, 2.45) is 5.92 Å². The fourth-order valence-corrected chi connectivity index (χ4v) is 5.14. The number of halogens is 1. The van der Waals surface area contributed by atoms with Gasteiger partial charge < -0.3 is 15.5 Å². The summed E-state index contributed by atoms with van der Waals surface area (Å²) in [6, 6.07) is 3.48. The summed E-state index contributed by atoms with van der Waals surface area (Å²) in [5.41, 5.74) is -0.171. The summed E-state index contributed by atoms with van der Waals surface area (Å²) in [5.74, 6) is -0.911. The van der Waals surface area contributed by atoms with Crippen molar-refractivity contribution in [2.45, 2.75) is 37.1 Å². The maximum atomic E-state index is 12.8. The molecule has 1 saturated heterocycles. The van der Waals surface area contributed by atoms with Crippen LogP contribution in [0.15, 0.2) is 22.7 Å². The van der Waals surface area contributed by atoms with Gasteiger partial charge in [0.1, 0.15) is 10.8 Å². The van der Waals surface area contributed by atoms with E-state index < -0.39 is 15.7 Å². The van der Waals surface area contributed by atoms with Gasteiger partial charge in [0.2, 0.25) is 20.1 Å². The number of aromatic nitrogens is 2. The van der Waals surface area contributed by atoms with Crippen LogP contribution >= 0.6 is 22.9 Å². The highest BCUT2D eigenvalue weighted by Gasteiger charge is 2.29. The van der Waals surface area contributed by atoms with Gasteiger partial charge in [-0.15, -0.1) is 0 Å². The van der Waals surface area contributed by atoms with Gasteiger partial charge in [-0.3, -0.25) is 9.59 Å². The van der Waals surface area contributed by atoms with E-state index in [9.17, 15) is 18.0 Å². The molecule has 0 radical (unpaired) electrons. The first kappa shape index (κ1) is 23.6. The number of amides is 2. The van der Waals surface area contributed by atoms with Crippen LogP contribution in [0.5, 0.6) is 0 Å². The predicted octanol–water partition coefficient (Wildman–Crippen LogP) is 2.91. The first-order valence-corrected chi connectivity index (χ1v) is 12.8. The topological polar surface area (TPSA) is 121 Å². The van der Waals surface area contributed by atoms with E-state index in [1.165, 1.54) is 12.3 Å². The van der Waals surface area contributed by atoms with Crippen LogP contribution in [0.1, 0.15) is 37.2 Å². The molecule has 9 nitrogen and oxygen atoms in total. The monoisotopic (exact) mass is 485 g/mol. The molecule has 0 atom stereocenters. The Labute approximate surface area is 190 Å². The van der Waals surface area contributed by atoms with Crippen molar-refractivity contribution in [3.05, 3.63) is 29.0 Å². The van der Waals surface area contributed by atoms with Gasteiger partial charge in [-0.2, -0.15) is 0 Å². The zero-order valence-corrected chi connectivity index (χ0v) is 19.8. The number of hydrogen-bond acceptors (Lipinski definition) is 8. The van der Waals surface area contributed by atoms with Crippen molar-refractivity contribution < 1.29 is 18.0 Å². The van der Waals surface area contributed by atoms with Crippen molar-refractivity contribution in [3.8, 4) is 0 Å². The molecule has 2 aromatic rings. The van der Waals surface area contributed by atoms with Crippen LogP contribution in [0.4, 0.5) is 10.8 Å². The number of likely N-dealkylation sites (tertiary alicyclic amines) is 1. The second-order valence-corrected chi connectivity index (χ2v) is 11.3. The van der Waals surface area contributed by atoms with Gasteiger partial charge in [-0.25, -0.2) is 18.4 Å². The van der Waals surface area contributed by atoms with E-state index in [2.05, 4.69) is 39.3 Å². The Balaban J connectivity index is 1.79. The van der Waals surface area contributed by atoms with Crippen LogP contribution in [-0.4, -0.2) is 60.5 Å². The third kappa shape index (κ3) is 6.00. The average molecular weight is 486 g/mol. The minimum Gasteiger partial charge on any atom is -0.315 e. The number of rotatable bonds is 6. The van der Waals surface area contributed by atoms with Crippen LogP contribution in [0.25, 0.3) is 0 Å². The fourth-order valence-electron chi connectivity index (χ4n) is 3.22. The van der Waals surface area contributed by atoms with Gasteiger partial charge in [0, 0.05) is 24.4 Å². The molecule has 0 aliphatic carbocycles. The van der Waals surface area contributed by atoms with Gasteiger partial charge in [0.25, 0.3) is 5.91 Å². The number of hydrogen-bond donors (Lipinski definition) is 2. The lowest BCUT2D eigenvalue weighted by molar-refractivity contribution is -0.121. The lowest BCUT2D eigenvalue weighted by Gasteiger charge is -2.33. The number of piperidine rings is 1. The largest absolute Gasteiger partial charge is 0.315 e. The number of nitrogens with one attached hydrogen (secondary N) is 2. The van der Waals surface area contributed by atoms with E-state index in [4.69, 9.17) is 11.6 Å². The smallest absolute Gasteiger partial charge is 0.278 e. The SMILES string of the molecule is CC(C)N1CCC(C(=O)Nc2sc(S(C)(=O)=O)nc2C(=O)Nc2ccc(Cl)cn2)CC1. The van der Waals surface area contributed by atoms with Crippen molar-refractivity contribution in [2.75, 3.05) is 30.0 Å². The molecule has 3 rings (SSSR count). The van der Waals surface area contributed by atoms with Crippen molar-refractivity contribution in [1.29, 1.82) is 0 Å². The molecule has 0 unspecified atom stereocenters. The summed E-state index contributed by atoms with van der Waals surface area (Å²) in [5, 5.41) is 5.77. The molecular weight excluding hydrogens is 462 g/mol. The summed E-state index contributed by atoms with van der Waals surface area (Å²) in [6.45, 7) is 5.85. The molecule has 2 aromatic heterocycles. The van der Waals surface area contributed by atoms with Crippen molar-refractivity contribution >= 4 is 55.4 Å². The van der Waals surface area contributed by atoms with Crippen molar-refractivity contribution in [3.63, 3.8) is 0 Å². The van der Waals surface area contributed by atoms with Gasteiger partial charge in [0.15, 0.2) is 5.69 Å². The number of nitrogens with zero attached hydrogens (tertiary/aromatic N) is 3. The second-order valence-electron chi connectivity index (χ2n) is 7.64. The van der Waals surface area contributed by atoms with Gasteiger partial charge in [-0.05, 0) is 51.9 Å². The van der Waals surface area contributed by atoms with E-state index in [1.807, 2.05) is 0 Å².